The third-order valence-corrected chi connectivity index (χ3v) is 6.54. The molecule has 0 saturated heterocycles. The standard InChI is InChI=1S/C24H22N6O4S/c1-2-34-21(32)17-12-25-22(33)26-18(17)14-35-24-28-27-23-29(13-15-8-4-3-5-9-15)20(31)16-10-6-7-11-19(16)30(23)24/h3-11H,2,12-14H2,1H3,(H2,25,26,33). The minimum Gasteiger partial charge on any atom is -0.463 e. The molecule has 2 N–H and O–H groups in total. The summed E-state index contributed by atoms with van der Waals surface area (Å²) in [5, 5.41) is 15.1. The molecule has 0 fully saturated rings. The van der Waals surface area contributed by atoms with Gasteiger partial charge in [0.1, 0.15) is 0 Å². The van der Waals surface area contributed by atoms with Crippen molar-refractivity contribution < 1.29 is 14.3 Å². The van der Waals surface area contributed by atoms with Gasteiger partial charge in [0.15, 0.2) is 5.16 Å². The van der Waals surface area contributed by atoms with Crippen molar-refractivity contribution in [1.29, 1.82) is 0 Å². The second-order valence-electron chi connectivity index (χ2n) is 7.79. The number of esters is 1. The number of aromatic nitrogens is 4. The van der Waals surface area contributed by atoms with Crippen LogP contribution >= 0.6 is 11.8 Å². The molecule has 2 amide bonds. The Kier molecular flexibility index (Phi) is 6.23. The van der Waals surface area contributed by atoms with E-state index < -0.39 is 5.97 Å². The first-order chi connectivity index (χ1) is 17.1. The van der Waals surface area contributed by atoms with Crippen LogP contribution < -0.4 is 16.2 Å². The van der Waals surface area contributed by atoms with E-state index >= 15 is 0 Å². The number of benzene rings is 2. The van der Waals surface area contributed by atoms with Crippen LogP contribution in [0.4, 0.5) is 4.79 Å². The highest BCUT2D eigenvalue weighted by atomic mass is 32.2. The van der Waals surface area contributed by atoms with Gasteiger partial charge in [-0.25, -0.2) is 9.59 Å². The molecule has 3 heterocycles. The van der Waals surface area contributed by atoms with Gasteiger partial charge in [-0.05, 0) is 24.6 Å². The summed E-state index contributed by atoms with van der Waals surface area (Å²) < 4.78 is 8.56. The van der Waals surface area contributed by atoms with Gasteiger partial charge in [-0.1, -0.05) is 54.2 Å². The van der Waals surface area contributed by atoms with Crippen molar-refractivity contribution in [2.45, 2.75) is 18.6 Å². The van der Waals surface area contributed by atoms with Gasteiger partial charge >= 0.3 is 12.0 Å². The van der Waals surface area contributed by atoms with Crippen LogP contribution in [0.2, 0.25) is 0 Å². The van der Waals surface area contributed by atoms with E-state index in [9.17, 15) is 14.4 Å². The molecule has 0 spiro atoms. The van der Waals surface area contributed by atoms with Crippen molar-refractivity contribution in [3.8, 4) is 0 Å². The van der Waals surface area contributed by atoms with E-state index in [0.717, 1.165) is 5.56 Å². The first kappa shape index (κ1) is 22.7. The van der Waals surface area contributed by atoms with Crippen molar-refractivity contribution in [1.82, 2.24) is 29.8 Å². The van der Waals surface area contributed by atoms with Crippen LogP contribution in [-0.2, 0) is 16.1 Å². The van der Waals surface area contributed by atoms with Gasteiger partial charge in [0, 0.05) is 11.4 Å². The fraction of sp³-hybridized carbons (Fsp3) is 0.208. The molecule has 0 bridgehead atoms. The molecule has 0 aliphatic carbocycles. The number of para-hydroxylation sites is 1. The van der Waals surface area contributed by atoms with Crippen molar-refractivity contribution in [3.05, 3.63) is 81.8 Å². The number of fused-ring (bicyclic) bond motifs is 3. The quantitative estimate of drug-likeness (QED) is 0.301. The van der Waals surface area contributed by atoms with Crippen LogP contribution in [0.3, 0.4) is 0 Å². The summed E-state index contributed by atoms with van der Waals surface area (Å²) in [6, 6.07) is 16.6. The predicted molar refractivity (Wildman–Crippen MR) is 131 cm³/mol. The summed E-state index contributed by atoms with van der Waals surface area (Å²) in [7, 11) is 0. The number of ether oxygens (including phenoxy) is 1. The second-order valence-corrected chi connectivity index (χ2v) is 8.73. The second kappa shape index (κ2) is 9.63. The lowest BCUT2D eigenvalue weighted by Gasteiger charge is -2.20. The van der Waals surface area contributed by atoms with E-state index in [4.69, 9.17) is 4.74 Å². The topological polar surface area (TPSA) is 120 Å². The SMILES string of the molecule is CCOC(=O)C1=C(CSc2nnc3n(Cc4ccccc4)c(=O)c4ccccc4n23)NC(=O)NC1. The minimum atomic E-state index is -0.483. The molecule has 35 heavy (non-hydrogen) atoms. The van der Waals surface area contributed by atoms with E-state index in [0.29, 0.717) is 39.7 Å². The summed E-state index contributed by atoms with van der Waals surface area (Å²) >= 11 is 1.31. The molecule has 0 atom stereocenters. The largest absolute Gasteiger partial charge is 0.463 e. The highest BCUT2D eigenvalue weighted by molar-refractivity contribution is 7.99. The van der Waals surface area contributed by atoms with Crippen LogP contribution in [-0.4, -0.2) is 50.1 Å². The summed E-state index contributed by atoms with van der Waals surface area (Å²) in [4.78, 5) is 37.6. The molecule has 1 aliphatic heterocycles. The Morgan fingerprint density at radius 3 is 2.66 bits per heavy atom. The number of hydrogen-bond acceptors (Lipinski definition) is 7. The normalized spacial score (nSPS) is 13.7. The maximum absolute atomic E-state index is 13.3. The maximum atomic E-state index is 13.3. The summed E-state index contributed by atoms with van der Waals surface area (Å²) in [5.74, 6) is 0.187. The summed E-state index contributed by atoms with van der Waals surface area (Å²) in [6.45, 7) is 2.39. The van der Waals surface area contributed by atoms with E-state index in [1.165, 1.54) is 11.8 Å². The van der Waals surface area contributed by atoms with E-state index in [1.807, 2.05) is 52.9 Å². The fourth-order valence-electron chi connectivity index (χ4n) is 3.94. The zero-order valence-electron chi connectivity index (χ0n) is 18.9. The summed E-state index contributed by atoms with van der Waals surface area (Å²) in [6.07, 6.45) is 0. The van der Waals surface area contributed by atoms with Gasteiger partial charge in [-0.2, -0.15) is 0 Å². The molecular formula is C24H22N6O4S. The lowest BCUT2D eigenvalue weighted by Crippen LogP contribution is -2.44. The number of carbonyl (C=O) groups is 2. The number of carbonyl (C=O) groups excluding carboxylic acids is 2. The van der Waals surface area contributed by atoms with Crippen LogP contribution in [0.5, 0.6) is 0 Å². The average Bonchev–Trinajstić information content (AvgIpc) is 3.30. The van der Waals surface area contributed by atoms with E-state index in [2.05, 4.69) is 20.8 Å². The molecule has 11 heteroatoms. The number of rotatable bonds is 7. The molecule has 2 aromatic heterocycles. The van der Waals surface area contributed by atoms with Crippen molar-refractivity contribution in [2.75, 3.05) is 18.9 Å². The monoisotopic (exact) mass is 490 g/mol. The Labute approximate surface area is 204 Å². The van der Waals surface area contributed by atoms with Crippen LogP contribution in [0.1, 0.15) is 12.5 Å². The highest BCUT2D eigenvalue weighted by Crippen LogP contribution is 2.24. The molecule has 0 saturated carbocycles. The van der Waals surface area contributed by atoms with Gasteiger partial charge in [0.2, 0.25) is 5.78 Å². The number of nitrogens with one attached hydrogen (secondary N) is 2. The fourth-order valence-corrected chi connectivity index (χ4v) is 4.87. The Hall–Kier alpha value is -4.12. The first-order valence-electron chi connectivity index (χ1n) is 11.0. The maximum Gasteiger partial charge on any atom is 0.337 e. The van der Waals surface area contributed by atoms with Crippen molar-refractivity contribution in [2.24, 2.45) is 0 Å². The molecule has 4 aromatic rings. The molecule has 10 nitrogen and oxygen atoms in total. The molecule has 178 valence electrons. The number of nitrogens with zero attached hydrogens (tertiary/aromatic N) is 4. The Morgan fingerprint density at radius 1 is 1.09 bits per heavy atom. The van der Waals surface area contributed by atoms with Gasteiger partial charge in [-0.15, -0.1) is 10.2 Å². The lowest BCUT2D eigenvalue weighted by molar-refractivity contribution is -0.138. The van der Waals surface area contributed by atoms with E-state index in [-0.39, 0.29) is 30.5 Å². The zero-order chi connectivity index (χ0) is 24.4. The summed E-state index contributed by atoms with van der Waals surface area (Å²) in [5.41, 5.74) is 2.30. The highest BCUT2D eigenvalue weighted by Gasteiger charge is 2.25. The number of thioether (sulfide) groups is 1. The van der Waals surface area contributed by atoms with Crippen LogP contribution in [0.15, 0.2) is 75.8 Å². The Morgan fingerprint density at radius 2 is 1.86 bits per heavy atom. The van der Waals surface area contributed by atoms with Gasteiger partial charge in [0.25, 0.3) is 5.56 Å². The number of amides is 2. The van der Waals surface area contributed by atoms with Gasteiger partial charge in [0.05, 0.1) is 36.2 Å². The lowest BCUT2D eigenvalue weighted by atomic mass is 10.2. The molecule has 1 aliphatic rings. The third kappa shape index (κ3) is 4.37. The Balaban J connectivity index is 1.57. The van der Waals surface area contributed by atoms with E-state index in [1.54, 1.807) is 17.6 Å². The molecule has 5 rings (SSSR count). The zero-order valence-corrected chi connectivity index (χ0v) is 19.7. The molecule has 0 unspecified atom stereocenters. The molecule has 2 aromatic carbocycles. The predicted octanol–water partition coefficient (Wildman–Crippen LogP) is 2.31. The smallest absolute Gasteiger partial charge is 0.337 e. The Bertz CT molecular complexity index is 1530. The van der Waals surface area contributed by atoms with Crippen molar-refractivity contribution in [3.63, 3.8) is 0 Å². The number of urea groups is 1. The molecular weight excluding hydrogens is 468 g/mol. The molecule has 0 radical (unpaired) electrons. The third-order valence-electron chi connectivity index (χ3n) is 5.58. The van der Waals surface area contributed by atoms with Gasteiger partial charge in [-0.3, -0.25) is 13.8 Å². The van der Waals surface area contributed by atoms with Crippen molar-refractivity contribution >= 4 is 40.4 Å². The van der Waals surface area contributed by atoms with Crippen LogP contribution in [0.25, 0.3) is 16.7 Å². The number of hydrogen-bond donors (Lipinski definition) is 2. The van der Waals surface area contributed by atoms with Crippen LogP contribution in [0, 0.1) is 0 Å². The minimum absolute atomic E-state index is 0.0840. The van der Waals surface area contributed by atoms with Gasteiger partial charge < -0.3 is 15.4 Å². The first-order valence-corrected chi connectivity index (χ1v) is 12.0. The average molecular weight is 491 g/mol.